The summed E-state index contributed by atoms with van der Waals surface area (Å²) in [7, 11) is 5.70. The molecule has 8 nitrogen and oxygen atoms in total. The lowest BCUT2D eigenvalue weighted by Crippen LogP contribution is -2.47. The summed E-state index contributed by atoms with van der Waals surface area (Å²) in [6, 6.07) is 10.1. The summed E-state index contributed by atoms with van der Waals surface area (Å²) < 4.78 is 6.96. The molecular formula is C19H28N6O2. The summed E-state index contributed by atoms with van der Waals surface area (Å²) in [5.41, 5.74) is 0.812. The lowest BCUT2D eigenvalue weighted by Gasteiger charge is -2.34. The van der Waals surface area contributed by atoms with E-state index >= 15 is 0 Å². The Bertz CT molecular complexity index is 748. The van der Waals surface area contributed by atoms with Crippen LogP contribution in [0.4, 0.5) is 0 Å². The highest BCUT2D eigenvalue weighted by Crippen LogP contribution is 2.35. The number of amides is 1. The average Bonchev–Trinajstić information content (AvgIpc) is 3.33. The van der Waals surface area contributed by atoms with E-state index in [0.717, 1.165) is 18.7 Å². The van der Waals surface area contributed by atoms with Crippen LogP contribution in [0.2, 0.25) is 0 Å². The van der Waals surface area contributed by atoms with E-state index in [4.69, 9.17) is 4.74 Å². The molecule has 2 aromatic rings. The number of carbonyl (C=O) groups is 1. The van der Waals surface area contributed by atoms with Gasteiger partial charge in [0.05, 0.1) is 13.2 Å². The molecule has 1 fully saturated rings. The number of rotatable bonds is 8. The van der Waals surface area contributed by atoms with Crippen molar-refractivity contribution < 1.29 is 9.53 Å². The van der Waals surface area contributed by atoms with Gasteiger partial charge in [-0.2, -0.15) is 0 Å². The van der Waals surface area contributed by atoms with E-state index in [9.17, 15) is 4.79 Å². The number of carbonyl (C=O) groups excluding carboxylic acids is 1. The zero-order chi connectivity index (χ0) is 19.3. The number of tetrazole rings is 1. The number of methoxy groups -OCH3 is 1. The maximum Gasteiger partial charge on any atom is 0.222 e. The van der Waals surface area contributed by atoms with Crippen LogP contribution in [0.3, 0.4) is 0 Å². The van der Waals surface area contributed by atoms with Gasteiger partial charge in [-0.3, -0.25) is 9.69 Å². The zero-order valence-corrected chi connectivity index (χ0v) is 16.3. The molecule has 0 spiro atoms. The number of aryl methyl sites for hydroxylation is 1. The van der Waals surface area contributed by atoms with Gasteiger partial charge >= 0.3 is 0 Å². The van der Waals surface area contributed by atoms with Crippen molar-refractivity contribution in [3.05, 3.63) is 41.7 Å². The molecule has 2 heterocycles. The fraction of sp³-hybridized carbons (Fsp3) is 0.579. The van der Waals surface area contributed by atoms with E-state index in [1.54, 1.807) is 11.8 Å². The van der Waals surface area contributed by atoms with E-state index in [1.165, 1.54) is 5.56 Å². The number of hydrogen-bond donors (Lipinski definition) is 0. The van der Waals surface area contributed by atoms with E-state index < -0.39 is 0 Å². The molecule has 0 radical (unpaired) electrons. The monoisotopic (exact) mass is 372 g/mol. The van der Waals surface area contributed by atoms with Crippen LogP contribution in [0.25, 0.3) is 0 Å². The fourth-order valence-corrected chi connectivity index (χ4v) is 3.67. The summed E-state index contributed by atoms with van der Waals surface area (Å²) in [5.74, 6) is 0.974. The van der Waals surface area contributed by atoms with Gasteiger partial charge in [-0.05, 0) is 42.9 Å². The van der Waals surface area contributed by atoms with Crippen molar-refractivity contribution in [2.75, 3.05) is 40.9 Å². The number of likely N-dealkylation sites (tertiary alicyclic amines) is 1. The van der Waals surface area contributed by atoms with Crippen LogP contribution in [0.5, 0.6) is 0 Å². The van der Waals surface area contributed by atoms with Gasteiger partial charge in [0.15, 0.2) is 5.82 Å². The van der Waals surface area contributed by atoms with Crippen molar-refractivity contribution in [2.24, 2.45) is 0 Å². The highest BCUT2D eigenvalue weighted by Gasteiger charge is 2.46. The lowest BCUT2D eigenvalue weighted by atomic mass is 9.96. The highest BCUT2D eigenvalue weighted by atomic mass is 16.5. The molecule has 1 aliphatic heterocycles. The third-order valence-electron chi connectivity index (χ3n) is 5.38. The summed E-state index contributed by atoms with van der Waals surface area (Å²) in [5, 5.41) is 12.3. The third-order valence-corrected chi connectivity index (χ3v) is 5.38. The molecule has 0 aliphatic carbocycles. The molecule has 146 valence electrons. The van der Waals surface area contributed by atoms with Crippen LogP contribution in [0.15, 0.2) is 30.3 Å². The standard InChI is InChI=1S/C19H28N6O2/c1-23(2)19(18-20-21-22-25(18)13-14-27-3)11-12-24(15-19)17(26)10-9-16-7-5-4-6-8-16/h4-8H,9-15H2,1-3H3. The van der Waals surface area contributed by atoms with Gasteiger partial charge in [-0.1, -0.05) is 30.3 Å². The number of hydrogen-bond acceptors (Lipinski definition) is 6. The molecule has 1 aromatic carbocycles. The van der Waals surface area contributed by atoms with Gasteiger partial charge in [-0.15, -0.1) is 5.10 Å². The van der Waals surface area contributed by atoms with E-state index in [2.05, 4.69) is 32.6 Å². The minimum Gasteiger partial charge on any atom is -0.383 e. The molecule has 1 aromatic heterocycles. The van der Waals surface area contributed by atoms with E-state index in [0.29, 0.717) is 32.7 Å². The Morgan fingerprint density at radius 1 is 1.30 bits per heavy atom. The van der Waals surface area contributed by atoms with Crippen molar-refractivity contribution in [1.82, 2.24) is 30.0 Å². The largest absolute Gasteiger partial charge is 0.383 e. The third kappa shape index (κ3) is 4.17. The molecule has 0 saturated carbocycles. The maximum atomic E-state index is 12.8. The van der Waals surface area contributed by atoms with Crippen LogP contribution in [-0.2, 0) is 28.0 Å². The summed E-state index contributed by atoms with van der Waals surface area (Å²) in [6.45, 7) is 2.45. The first kappa shape index (κ1) is 19.4. The van der Waals surface area contributed by atoms with Gasteiger partial charge in [0.1, 0.15) is 5.54 Å². The van der Waals surface area contributed by atoms with Crippen LogP contribution < -0.4 is 0 Å². The molecule has 1 saturated heterocycles. The van der Waals surface area contributed by atoms with Crippen molar-refractivity contribution in [1.29, 1.82) is 0 Å². The molecule has 0 N–H and O–H groups in total. The Kier molecular flexibility index (Phi) is 6.18. The normalized spacial score (nSPS) is 19.8. The molecule has 1 atom stereocenters. The summed E-state index contributed by atoms with van der Waals surface area (Å²) in [4.78, 5) is 16.9. The molecule has 0 bridgehead atoms. The van der Waals surface area contributed by atoms with Gasteiger partial charge in [0.2, 0.25) is 5.91 Å². The number of likely N-dealkylation sites (N-methyl/N-ethyl adjacent to an activating group) is 1. The second-order valence-electron chi connectivity index (χ2n) is 7.20. The smallest absolute Gasteiger partial charge is 0.222 e. The van der Waals surface area contributed by atoms with Gasteiger partial charge < -0.3 is 9.64 Å². The molecule has 27 heavy (non-hydrogen) atoms. The summed E-state index contributed by atoms with van der Waals surface area (Å²) in [6.07, 6.45) is 2.09. The first-order valence-electron chi connectivity index (χ1n) is 9.31. The molecule has 1 aliphatic rings. The van der Waals surface area contributed by atoms with E-state index in [-0.39, 0.29) is 11.4 Å². The second-order valence-corrected chi connectivity index (χ2v) is 7.20. The topological polar surface area (TPSA) is 76.4 Å². The Morgan fingerprint density at radius 2 is 2.07 bits per heavy atom. The van der Waals surface area contributed by atoms with Crippen molar-refractivity contribution in [3.63, 3.8) is 0 Å². The summed E-state index contributed by atoms with van der Waals surface area (Å²) >= 11 is 0. The fourth-order valence-electron chi connectivity index (χ4n) is 3.67. The maximum absolute atomic E-state index is 12.8. The first-order chi connectivity index (χ1) is 13.1. The first-order valence-corrected chi connectivity index (χ1v) is 9.31. The number of ether oxygens (including phenoxy) is 1. The SMILES string of the molecule is COCCn1nnnc1C1(N(C)C)CCN(C(=O)CCc2ccccc2)C1. The van der Waals surface area contributed by atoms with Crippen molar-refractivity contribution >= 4 is 5.91 Å². The molecular weight excluding hydrogens is 344 g/mol. The minimum absolute atomic E-state index is 0.179. The van der Waals surface area contributed by atoms with Crippen molar-refractivity contribution in [3.8, 4) is 0 Å². The van der Waals surface area contributed by atoms with E-state index in [1.807, 2.05) is 37.2 Å². The highest BCUT2D eigenvalue weighted by molar-refractivity contribution is 5.77. The minimum atomic E-state index is -0.375. The molecule has 1 unspecified atom stereocenters. The van der Waals surface area contributed by atoms with Crippen LogP contribution >= 0.6 is 0 Å². The number of nitrogens with zero attached hydrogens (tertiary/aromatic N) is 6. The van der Waals surface area contributed by atoms with Gasteiger partial charge in [0, 0.05) is 26.6 Å². The zero-order valence-electron chi connectivity index (χ0n) is 16.3. The Labute approximate surface area is 160 Å². The predicted molar refractivity (Wildman–Crippen MR) is 101 cm³/mol. The van der Waals surface area contributed by atoms with Crippen LogP contribution in [0, 0.1) is 0 Å². The molecule has 3 rings (SSSR count). The van der Waals surface area contributed by atoms with Crippen molar-refractivity contribution in [2.45, 2.75) is 31.3 Å². The Hall–Kier alpha value is -2.32. The Morgan fingerprint density at radius 3 is 2.78 bits per heavy atom. The number of benzene rings is 1. The average molecular weight is 372 g/mol. The molecule has 1 amide bonds. The van der Waals surface area contributed by atoms with Gasteiger partial charge in [0.25, 0.3) is 0 Å². The Balaban J connectivity index is 1.70. The molecule has 8 heteroatoms. The van der Waals surface area contributed by atoms with Crippen LogP contribution in [0.1, 0.15) is 24.2 Å². The second kappa shape index (κ2) is 8.58. The quantitative estimate of drug-likeness (QED) is 0.686. The van der Waals surface area contributed by atoms with Gasteiger partial charge in [-0.25, -0.2) is 4.68 Å². The predicted octanol–water partition coefficient (Wildman–Crippen LogP) is 0.942. The van der Waals surface area contributed by atoms with Crippen LogP contribution in [-0.4, -0.2) is 76.8 Å². The lowest BCUT2D eigenvalue weighted by molar-refractivity contribution is -0.130. The number of aromatic nitrogens is 4.